The summed E-state index contributed by atoms with van der Waals surface area (Å²) in [6, 6.07) is 0. The molecule has 1 unspecified atom stereocenters. The van der Waals surface area contributed by atoms with E-state index >= 15 is 0 Å². The van der Waals surface area contributed by atoms with Gasteiger partial charge in [-0.05, 0) is 0 Å². The van der Waals surface area contributed by atoms with Crippen molar-refractivity contribution in [3.63, 3.8) is 0 Å². The molecule has 0 radical (unpaired) electrons. The second kappa shape index (κ2) is 2.96. The first-order chi connectivity index (χ1) is 4.99. The van der Waals surface area contributed by atoms with Crippen LogP contribution in [0.4, 0.5) is 13.2 Å². The van der Waals surface area contributed by atoms with Crippen molar-refractivity contribution in [3.8, 4) is 0 Å². The lowest BCUT2D eigenvalue weighted by Gasteiger charge is -2.20. The Kier molecular flexibility index (Phi) is 2.36. The minimum atomic E-state index is -4.54. The maximum absolute atomic E-state index is 11.6. The third-order valence-corrected chi connectivity index (χ3v) is 1.45. The summed E-state index contributed by atoms with van der Waals surface area (Å²) in [5.74, 6) is 0. The minimum Gasteiger partial charge on any atom is -0.272 e. The van der Waals surface area contributed by atoms with E-state index in [1.54, 1.807) is 0 Å². The van der Waals surface area contributed by atoms with Gasteiger partial charge in [0.15, 0.2) is 0 Å². The molecular weight excluding hydrogens is 161 g/mol. The molecule has 0 saturated carbocycles. The van der Waals surface area contributed by atoms with Crippen molar-refractivity contribution in [2.24, 2.45) is 0 Å². The van der Waals surface area contributed by atoms with Crippen molar-refractivity contribution >= 4 is 0 Å². The molecule has 0 aliphatic carbocycles. The molecule has 1 heterocycles. The van der Waals surface area contributed by atoms with Gasteiger partial charge < -0.3 is 0 Å². The van der Waals surface area contributed by atoms with E-state index in [1.165, 1.54) is 12.1 Å². The molecule has 0 aromatic rings. The Morgan fingerprint density at radius 1 is 1.55 bits per heavy atom. The number of ether oxygens (including phenoxy) is 1. The molecule has 1 rings (SSSR count). The predicted molar refractivity (Wildman–Crippen MR) is 31.3 cm³/mol. The van der Waals surface area contributed by atoms with Gasteiger partial charge in [-0.2, -0.15) is 0 Å². The largest absolute Gasteiger partial charge is 0.524 e. The SMILES string of the molecule is CN1NCCC1OC(F)(F)F. The van der Waals surface area contributed by atoms with Gasteiger partial charge in [-0.25, -0.2) is 5.01 Å². The molecule has 0 bridgehead atoms. The Labute approximate surface area is 62.1 Å². The Morgan fingerprint density at radius 3 is 2.55 bits per heavy atom. The van der Waals surface area contributed by atoms with Crippen LogP contribution in [0.25, 0.3) is 0 Å². The lowest BCUT2D eigenvalue weighted by atomic mass is 10.4. The van der Waals surface area contributed by atoms with Crippen LogP contribution in [0.5, 0.6) is 0 Å². The zero-order valence-electron chi connectivity index (χ0n) is 5.98. The molecule has 11 heavy (non-hydrogen) atoms. The normalized spacial score (nSPS) is 27.8. The van der Waals surface area contributed by atoms with Crippen LogP contribution in [0.15, 0.2) is 0 Å². The molecule has 3 nitrogen and oxygen atoms in total. The van der Waals surface area contributed by atoms with Crippen molar-refractivity contribution in [2.45, 2.75) is 19.0 Å². The third-order valence-electron chi connectivity index (χ3n) is 1.45. The van der Waals surface area contributed by atoms with Gasteiger partial charge in [-0.3, -0.25) is 10.2 Å². The molecule has 0 amide bonds. The number of halogens is 3. The molecule has 66 valence electrons. The lowest BCUT2D eigenvalue weighted by Crippen LogP contribution is -2.37. The summed E-state index contributed by atoms with van der Waals surface area (Å²) in [4.78, 5) is 0. The zero-order chi connectivity index (χ0) is 8.48. The molecule has 1 aliphatic heterocycles. The van der Waals surface area contributed by atoms with Gasteiger partial charge in [0.1, 0.15) is 6.23 Å². The van der Waals surface area contributed by atoms with E-state index in [2.05, 4.69) is 10.2 Å². The van der Waals surface area contributed by atoms with Crippen molar-refractivity contribution in [2.75, 3.05) is 13.6 Å². The first kappa shape index (κ1) is 8.76. The van der Waals surface area contributed by atoms with Crippen LogP contribution >= 0.6 is 0 Å². The Balaban J connectivity index is 2.37. The Morgan fingerprint density at radius 2 is 2.18 bits per heavy atom. The maximum Gasteiger partial charge on any atom is 0.524 e. The highest BCUT2D eigenvalue weighted by molar-refractivity contribution is 4.64. The van der Waals surface area contributed by atoms with E-state index in [0.717, 1.165) is 0 Å². The molecule has 1 atom stereocenters. The molecule has 1 N–H and O–H groups in total. The van der Waals surface area contributed by atoms with E-state index in [-0.39, 0.29) is 0 Å². The van der Waals surface area contributed by atoms with Crippen LogP contribution in [0.2, 0.25) is 0 Å². The molecule has 0 spiro atoms. The molecular formula is C5H9F3N2O. The lowest BCUT2D eigenvalue weighted by molar-refractivity contribution is -0.356. The number of rotatable bonds is 1. The van der Waals surface area contributed by atoms with E-state index in [9.17, 15) is 13.2 Å². The van der Waals surface area contributed by atoms with Crippen molar-refractivity contribution in [3.05, 3.63) is 0 Å². The Bertz CT molecular complexity index is 138. The first-order valence-corrected chi connectivity index (χ1v) is 3.20. The fraction of sp³-hybridized carbons (Fsp3) is 1.00. The standard InChI is InChI=1S/C5H9F3N2O/c1-10-4(2-3-9-10)11-5(6,7)8/h4,9H,2-3H2,1H3. The summed E-state index contributed by atoms with van der Waals surface area (Å²) in [6.45, 7) is 0.525. The van der Waals surface area contributed by atoms with Crippen LogP contribution in [0.3, 0.4) is 0 Å². The minimum absolute atomic E-state index is 0.357. The van der Waals surface area contributed by atoms with Crippen LogP contribution < -0.4 is 5.43 Å². The molecule has 1 fully saturated rings. The summed E-state index contributed by atoms with van der Waals surface area (Å²) < 4.78 is 38.6. The molecule has 6 heteroatoms. The van der Waals surface area contributed by atoms with Crippen molar-refractivity contribution < 1.29 is 17.9 Å². The maximum atomic E-state index is 11.6. The van der Waals surface area contributed by atoms with E-state index < -0.39 is 12.6 Å². The predicted octanol–water partition coefficient (Wildman–Crippen LogP) is 0.689. The highest BCUT2D eigenvalue weighted by Gasteiger charge is 2.36. The molecule has 0 aromatic heterocycles. The number of nitrogens with zero attached hydrogens (tertiary/aromatic N) is 1. The quantitative estimate of drug-likeness (QED) is 0.626. The second-order valence-electron chi connectivity index (χ2n) is 2.33. The Hall–Kier alpha value is -0.330. The highest BCUT2D eigenvalue weighted by atomic mass is 19.4. The van der Waals surface area contributed by atoms with Crippen LogP contribution in [-0.2, 0) is 4.74 Å². The van der Waals surface area contributed by atoms with Crippen molar-refractivity contribution in [1.29, 1.82) is 0 Å². The van der Waals surface area contributed by atoms with Gasteiger partial charge in [0, 0.05) is 20.0 Å². The topological polar surface area (TPSA) is 24.5 Å². The molecule has 1 aliphatic rings. The van der Waals surface area contributed by atoms with Crippen LogP contribution in [0.1, 0.15) is 6.42 Å². The van der Waals surface area contributed by atoms with E-state index in [0.29, 0.717) is 13.0 Å². The number of hydrogen-bond acceptors (Lipinski definition) is 3. The number of hydrogen-bond donors (Lipinski definition) is 1. The van der Waals surface area contributed by atoms with Gasteiger partial charge in [-0.1, -0.05) is 0 Å². The number of nitrogens with one attached hydrogen (secondary N) is 1. The average Bonchev–Trinajstić information content (AvgIpc) is 2.12. The zero-order valence-corrected chi connectivity index (χ0v) is 5.98. The summed E-state index contributed by atoms with van der Waals surface area (Å²) in [5.41, 5.74) is 2.70. The van der Waals surface area contributed by atoms with E-state index in [4.69, 9.17) is 0 Å². The second-order valence-corrected chi connectivity index (χ2v) is 2.33. The third kappa shape index (κ3) is 2.64. The highest BCUT2D eigenvalue weighted by Crippen LogP contribution is 2.22. The van der Waals surface area contributed by atoms with Gasteiger partial charge in [0.05, 0.1) is 0 Å². The fourth-order valence-corrected chi connectivity index (χ4v) is 0.952. The number of hydrazine groups is 1. The van der Waals surface area contributed by atoms with Gasteiger partial charge in [0.2, 0.25) is 0 Å². The monoisotopic (exact) mass is 170 g/mol. The molecule has 1 saturated heterocycles. The summed E-state index contributed by atoms with van der Waals surface area (Å²) in [5, 5.41) is 1.31. The van der Waals surface area contributed by atoms with Gasteiger partial charge in [0.25, 0.3) is 0 Å². The summed E-state index contributed by atoms with van der Waals surface area (Å²) in [7, 11) is 1.52. The van der Waals surface area contributed by atoms with Crippen LogP contribution in [0, 0.1) is 0 Å². The van der Waals surface area contributed by atoms with Crippen LogP contribution in [-0.4, -0.2) is 31.2 Å². The number of alkyl halides is 3. The smallest absolute Gasteiger partial charge is 0.272 e. The van der Waals surface area contributed by atoms with Crippen molar-refractivity contribution in [1.82, 2.24) is 10.4 Å². The van der Waals surface area contributed by atoms with E-state index in [1.807, 2.05) is 0 Å². The summed E-state index contributed by atoms with van der Waals surface area (Å²) >= 11 is 0. The first-order valence-electron chi connectivity index (χ1n) is 3.20. The van der Waals surface area contributed by atoms with Gasteiger partial charge >= 0.3 is 6.36 Å². The molecule has 0 aromatic carbocycles. The summed E-state index contributed by atoms with van der Waals surface area (Å²) in [6.07, 6.45) is -5.06. The van der Waals surface area contributed by atoms with Gasteiger partial charge in [-0.15, -0.1) is 13.2 Å². The average molecular weight is 170 g/mol. The fourth-order valence-electron chi connectivity index (χ4n) is 0.952.